The zero-order valence-corrected chi connectivity index (χ0v) is 9.84. The molecule has 2 rings (SSSR count). The van der Waals surface area contributed by atoms with Crippen molar-refractivity contribution in [2.75, 3.05) is 34.5 Å². The third-order valence-electron chi connectivity index (χ3n) is 3.27. The number of ether oxygens (including phenoxy) is 5. The summed E-state index contributed by atoms with van der Waals surface area (Å²) in [4.78, 5) is 0. The molecule has 0 N–H and O–H groups in total. The van der Waals surface area contributed by atoms with Gasteiger partial charge in [0.05, 0.1) is 13.2 Å². The summed E-state index contributed by atoms with van der Waals surface area (Å²) in [5.41, 5.74) is -0.649. The van der Waals surface area contributed by atoms with Gasteiger partial charge in [0, 0.05) is 27.3 Å². The lowest BCUT2D eigenvalue weighted by molar-refractivity contribution is -0.196. The lowest BCUT2D eigenvalue weighted by Crippen LogP contribution is -2.53. The fraction of sp³-hybridized carbons (Fsp3) is 1.00. The number of methoxy groups -OCH3 is 3. The van der Waals surface area contributed by atoms with Gasteiger partial charge in [0.1, 0.15) is 31.8 Å². The standard InChI is InChI=1S/C10H17BO5/c1-12-4-6-10(5-13-2)8(14-3)7(15-6)9(11)16-10/h6-9H,4-5H2,1-3H3/t6?,7?,8-,9-,10+/m1/s1. The molecule has 0 aromatic rings. The van der Waals surface area contributed by atoms with Gasteiger partial charge in [-0.2, -0.15) is 0 Å². The molecule has 2 heterocycles. The minimum absolute atomic E-state index is 0.202. The maximum Gasteiger partial charge on any atom is 0.148 e. The van der Waals surface area contributed by atoms with Crippen molar-refractivity contribution in [3.8, 4) is 0 Å². The molecule has 2 fully saturated rings. The van der Waals surface area contributed by atoms with Crippen molar-refractivity contribution >= 4 is 7.85 Å². The lowest BCUT2D eigenvalue weighted by Gasteiger charge is -2.36. The Morgan fingerprint density at radius 3 is 2.56 bits per heavy atom. The number of fused-ring (bicyclic) bond motifs is 2. The molecular weight excluding hydrogens is 211 g/mol. The second-order valence-corrected chi connectivity index (χ2v) is 4.17. The first-order valence-corrected chi connectivity index (χ1v) is 5.29. The van der Waals surface area contributed by atoms with Crippen LogP contribution in [-0.2, 0) is 23.7 Å². The molecule has 0 aromatic carbocycles. The summed E-state index contributed by atoms with van der Waals surface area (Å²) in [5, 5.41) is 0. The van der Waals surface area contributed by atoms with Crippen LogP contribution in [0.2, 0.25) is 0 Å². The van der Waals surface area contributed by atoms with Crippen LogP contribution in [0, 0.1) is 0 Å². The summed E-state index contributed by atoms with van der Waals surface area (Å²) in [5.74, 6) is 0. The van der Waals surface area contributed by atoms with Gasteiger partial charge in [0.25, 0.3) is 0 Å². The highest BCUT2D eigenvalue weighted by Gasteiger charge is 2.65. The van der Waals surface area contributed by atoms with Crippen LogP contribution < -0.4 is 0 Å². The first-order valence-electron chi connectivity index (χ1n) is 5.29. The predicted octanol–water partition coefficient (Wildman–Crippen LogP) is -0.675. The van der Waals surface area contributed by atoms with E-state index in [4.69, 9.17) is 31.5 Å². The van der Waals surface area contributed by atoms with Gasteiger partial charge in [-0.1, -0.05) is 0 Å². The highest BCUT2D eigenvalue weighted by atomic mass is 16.7. The van der Waals surface area contributed by atoms with E-state index < -0.39 is 11.6 Å². The maximum atomic E-state index is 5.84. The fourth-order valence-electron chi connectivity index (χ4n) is 2.65. The topological polar surface area (TPSA) is 46.2 Å². The highest BCUT2D eigenvalue weighted by molar-refractivity contribution is 6.11. The second-order valence-electron chi connectivity index (χ2n) is 4.17. The Kier molecular flexibility index (Phi) is 3.56. The molecule has 6 heteroatoms. The number of hydrogen-bond acceptors (Lipinski definition) is 5. The van der Waals surface area contributed by atoms with Crippen molar-refractivity contribution in [1.29, 1.82) is 0 Å². The van der Waals surface area contributed by atoms with Gasteiger partial charge < -0.3 is 23.7 Å². The Labute approximate surface area is 96.7 Å². The summed E-state index contributed by atoms with van der Waals surface area (Å²) in [7, 11) is 10.7. The van der Waals surface area contributed by atoms with E-state index in [1.165, 1.54) is 0 Å². The summed E-state index contributed by atoms with van der Waals surface area (Å²) in [6.07, 6.45) is -0.657. The lowest BCUT2D eigenvalue weighted by atomic mass is 9.90. The smallest absolute Gasteiger partial charge is 0.148 e. The summed E-state index contributed by atoms with van der Waals surface area (Å²) in [6.45, 7) is 0.816. The molecule has 2 unspecified atom stereocenters. The van der Waals surface area contributed by atoms with E-state index in [9.17, 15) is 0 Å². The third kappa shape index (κ3) is 1.60. The predicted molar refractivity (Wildman–Crippen MR) is 56.6 cm³/mol. The average Bonchev–Trinajstić information content (AvgIpc) is 2.67. The van der Waals surface area contributed by atoms with Crippen molar-refractivity contribution in [2.24, 2.45) is 0 Å². The maximum absolute atomic E-state index is 5.84. The van der Waals surface area contributed by atoms with E-state index >= 15 is 0 Å². The van der Waals surface area contributed by atoms with Crippen LogP contribution in [0.5, 0.6) is 0 Å². The van der Waals surface area contributed by atoms with Crippen molar-refractivity contribution in [2.45, 2.75) is 29.9 Å². The molecule has 5 atom stereocenters. The van der Waals surface area contributed by atoms with Crippen LogP contribution in [-0.4, -0.2) is 72.3 Å². The van der Waals surface area contributed by atoms with Gasteiger partial charge in [0.2, 0.25) is 0 Å². The molecule has 0 amide bonds. The number of hydrogen-bond donors (Lipinski definition) is 0. The van der Waals surface area contributed by atoms with Crippen LogP contribution in [0.1, 0.15) is 0 Å². The van der Waals surface area contributed by atoms with Gasteiger partial charge >= 0.3 is 0 Å². The Morgan fingerprint density at radius 1 is 1.25 bits per heavy atom. The summed E-state index contributed by atoms with van der Waals surface area (Å²) in [6, 6.07) is -0.465. The Balaban J connectivity index is 2.22. The van der Waals surface area contributed by atoms with Crippen LogP contribution in [0.3, 0.4) is 0 Å². The molecule has 0 spiro atoms. The van der Waals surface area contributed by atoms with Crippen LogP contribution >= 0.6 is 0 Å². The molecule has 2 aliphatic rings. The minimum Gasteiger partial charge on any atom is -0.382 e. The monoisotopic (exact) mass is 228 g/mol. The van der Waals surface area contributed by atoms with Gasteiger partial charge in [0.15, 0.2) is 0 Å². The first kappa shape index (κ1) is 12.3. The quantitative estimate of drug-likeness (QED) is 0.584. The molecule has 2 aliphatic heterocycles. The van der Waals surface area contributed by atoms with Gasteiger partial charge in [-0.15, -0.1) is 0 Å². The Hall–Kier alpha value is -0.135. The molecule has 0 aliphatic carbocycles. The highest BCUT2D eigenvalue weighted by Crippen LogP contribution is 2.45. The Morgan fingerprint density at radius 2 is 2.00 bits per heavy atom. The van der Waals surface area contributed by atoms with Gasteiger partial charge in [-0.25, -0.2) is 0 Å². The van der Waals surface area contributed by atoms with Crippen LogP contribution in [0.15, 0.2) is 0 Å². The second kappa shape index (κ2) is 4.62. The van der Waals surface area contributed by atoms with Gasteiger partial charge in [-0.05, 0) is 0 Å². The van der Waals surface area contributed by atoms with E-state index in [2.05, 4.69) is 0 Å². The molecular formula is C10H17BO5. The fourth-order valence-corrected chi connectivity index (χ4v) is 2.65. The molecule has 2 bridgehead atoms. The molecule has 5 nitrogen and oxygen atoms in total. The summed E-state index contributed by atoms with van der Waals surface area (Å²) < 4.78 is 27.3. The Bertz CT molecular complexity index is 251. The zero-order valence-electron chi connectivity index (χ0n) is 9.84. The van der Waals surface area contributed by atoms with Crippen LogP contribution in [0.4, 0.5) is 0 Å². The normalized spacial score (nSPS) is 46.4. The first-order chi connectivity index (χ1) is 7.69. The van der Waals surface area contributed by atoms with E-state index in [1.54, 1.807) is 21.3 Å². The molecule has 16 heavy (non-hydrogen) atoms. The minimum atomic E-state index is -0.649. The van der Waals surface area contributed by atoms with E-state index in [-0.39, 0.29) is 18.3 Å². The van der Waals surface area contributed by atoms with Crippen molar-refractivity contribution in [3.05, 3.63) is 0 Å². The molecule has 2 saturated heterocycles. The van der Waals surface area contributed by atoms with Crippen LogP contribution in [0.25, 0.3) is 0 Å². The molecule has 2 radical (unpaired) electrons. The average molecular weight is 228 g/mol. The molecule has 0 aromatic heterocycles. The third-order valence-corrected chi connectivity index (χ3v) is 3.27. The van der Waals surface area contributed by atoms with Gasteiger partial charge in [-0.3, -0.25) is 0 Å². The molecule has 90 valence electrons. The largest absolute Gasteiger partial charge is 0.382 e. The van der Waals surface area contributed by atoms with E-state index in [0.29, 0.717) is 13.2 Å². The number of rotatable bonds is 5. The van der Waals surface area contributed by atoms with Crippen molar-refractivity contribution in [1.82, 2.24) is 0 Å². The molecule has 0 saturated carbocycles. The van der Waals surface area contributed by atoms with E-state index in [1.807, 2.05) is 0 Å². The van der Waals surface area contributed by atoms with Crippen molar-refractivity contribution < 1.29 is 23.7 Å². The zero-order chi connectivity index (χ0) is 11.8. The van der Waals surface area contributed by atoms with E-state index in [0.717, 1.165) is 0 Å². The summed E-state index contributed by atoms with van der Waals surface area (Å²) >= 11 is 0. The van der Waals surface area contributed by atoms with Crippen molar-refractivity contribution in [3.63, 3.8) is 0 Å². The SMILES string of the molecule is [B][C@@H]1O[C@@]2(COC)C(COC)OC1[C@H]2OC.